The predicted octanol–water partition coefficient (Wildman–Crippen LogP) is 6.27. The minimum atomic E-state index is -0.132. The molecule has 4 heteroatoms. The molecule has 1 aliphatic heterocycles. The number of piperidine rings is 1. The van der Waals surface area contributed by atoms with Gasteiger partial charge in [0.15, 0.2) is 0 Å². The van der Waals surface area contributed by atoms with E-state index in [9.17, 15) is 4.79 Å². The van der Waals surface area contributed by atoms with Crippen molar-refractivity contribution in [2.75, 3.05) is 19.6 Å². The number of allylic oxidation sites excluding steroid dienone is 7. The van der Waals surface area contributed by atoms with Crippen LogP contribution in [0, 0.1) is 23.2 Å². The van der Waals surface area contributed by atoms with E-state index in [0.29, 0.717) is 11.8 Å². The first-order valence-corrected chi connectivity index (χ1v) is 13.1. The van der Waals surface area contributed by atoms with Crippen LogP contribution in [0.5, 0.6) is 0 Å². The van der Waals surface area contributed by atoms with Crippen LogP contribution in [0.25, 0.3) is 0 Å². The first-order valence-electron chi connectivity index (χ1n) is 12.6. The van der Waals surface area contributed by atoms with E-state index < -0.39 is 0 Å². The van der Waals surface area contributed by atoms with Crippen molar-refractivity contribution in [3.05, 3.63) is 48.1 Å². The van der Waals surface area contributed by atoms with Crippen molar-refractivity contribution in [3.8, 4) is 0 Å². The van der Waals surface area contributed by atoms with Gasteiger partial charge in [0.05, 0.1) is 11.4 Å². The first kappa shape index (κ1) is 25.3. The van der Waals surface area contributed by atoms with Crippen LogP contribution in [0.4, 0.5) is 0 Å². The van der Waals surface area contributed by atoms with E-state index in [2.05, 4.69) is 80.4 Å². The summed E-state index contributed by atoms with van der Waals surface area (Å²) in [4.78, 5) is 15.6. The summed E-state index contributed by atoms with van der Waals surface area (Å²) in [6, 6.07) is -0.132. The number of carbonyl (C=O) groups is 1. The molecule has 3 rings (SSSR count). The summed E-state index contributed by atoms with van der Waals surface area (Å²) in [5.74, 6) is 1.74. The normalized spacial score (nSPS) is 28.9. The van der Waals surface area contributed by atoms with Crippen LogP contribution in [-0.4, -0.2) is 41.9 Å². The fourth-order valence-electron chi connectivity index (χ4n) is 5.62. The smallest absolute Gasteiger partial charge is 0.239 e. The van der Waals surface area contributed by atoms with E-state index in [-0.39, 0.29) is 28.7 Å². The molecule has 3 aliphatic rings. The number of nitrogens with one attached hydrogen (secondary N) is 1. The number of carbonyl (C=O) groups excluding carboxylic acids is 1. The summed E-state index contributed by atoms with van der Waals surface area (Å²) in [5.41, 5.74) is 1.51. The Labute approximate surface area is 201 Å². The molecule has 1 heterocycles. The second kappa shape index (κ2) is 11.7. The molecule has 0 aromatic heterocycles. The van der Waals surface area contributed by atoms with Crippen molar-refractivity contribution >= 4 is 17.5 Å². The molecule has 0 bridgehead atoms. The van der Waals surface area contributed by atoms with Crippen molar-refractivity contribution in [3.63, 3.8) is 0 Å². The van der Waals surface area contributed by atoms with E-state index in [1.165, 1.54) is 12.0 Å². The quantitative estimate of drug-likeness (QED) is 0.343. The summed E-state index contributed by atoms with van der Waals surface area (Å²) >= 11 is 6.26. The van der Waals surface area contributed by atoms with Gasteiger partial charge in [0.25, 0.3) is 0 Å². The maximum Gasteiger partial charge on any atom is 0.239 e. The lowest BCUT2D eigenvalue weighted by Crippen LogP contribution is -2.56. The Morgan fingerprint density at radius 3 is 2.66 bits per heavy atom. The standard InChI is InChI=1S/C28H43ClN2O/c1-21(2)26(30-18-9-8-12-22-10-6-5-7-11-22)27(32)31-19-17-25(28(3,4)20-31)23-13-15-24(29)16-14-23/h6,8-11,13,15,21,23-26,30H,5,7,12,14,16-20H2,1-4H3/b9-8+/t23?,24?,25?,26-/m1/s1. The zero-order valence-corrected chi connectivity index (χ0v) is 21.3. The molecule has 1 saturated heterocycles. The highest BCUT2D eigenvalue weighted by atomic mass is 35.5. The summed E-state index contributed by atoms with van der Waals surface area (Å²) < 4.78 is 0. The monoisotopic (exact) mass is 458 g/mol. The summed E-state index contributed by atoms with van der Waals surface area (Å²) in [5, 5.41) is 3.71. The molecular formula is C28H43ClN2O. The molecule has 0 radical (unpaired) electrons. The van der Waals surface area contributed by atoms with E-state index in [4.69, 9.17) is 11.6 Å². The van der Waals surface area contributed by atoms with Crippen LogP contribution in [0.15, 0.2) is 48.1 Å². The van der Waals surface area contributed by atoms with E-state index in [1.54, 1.807) is 0 Å². The highest BCUT2D eigenvalue weighted by Crippen LogP contribution is 2.43. The zero-order valence-electron chi connectivity index (χ0n) is 20.5. The summed E-state index contributed by atoms with van der Waals surface area (Å²) in [6.45, 7) is 11.4. The molecule has 0 spiro atoms. The van der Waals surface area contributed by atoms with E-state index in [1.807, 2.05) is 0 Å². The third-order valence-electron chi connectivity index (χ3n) is 7.46. The van der Waals surface area contributed by atoms with Crippen molar-refractivity contribution in [1.82, 2.24) is 10.2 Å². The van der Waals surface area contributed by atoms with Crippen LogP contribution in [0.1, 0.15) is 66.2 Å². The number of amides is 1. The number of alkyl halides is 1. The van der Waals surface area contributed by atoms with Gasteiger partial charge in [-0.3, -0.25) is 4.79 Å². The fourth-order valence-corrected chi connectivity index (χ4v) is 5.83. The van der Waals surface area contributed by atoms with Gasteiger partial charge in [0.1, 0.15) is 0 Å². The van der Waals surface area contributed by atoms with Gasteiger partial charge in [-0.1, -0.05) is 70.2 Å². The molecule has 178 valence electrons. The Balaban J connectivity index is 1.52. The van der Waals surface area contributed by atoms with Gasteiger partial charge in [-0.2, -0.15) is 0 Å². The Bertz CT molecular complexity index is 749. The van der Waals surface area contributed by atoms with Gasteiger partial charge >= 0.3 is 0 Å². The van der Waals surface area contributed by atoms with Gasteiger partial charge in [-0.15, -0.1) is 11.6 Å². The number of likely N-dealkylation sites (tertiary alicyclic amines) is 1. The van der Waals surface area contributed by atoms with Crippen LogP contribution in [0.2, 0.25) is 0 Å². The molecule has 1 N–H and O–H groups in total. The molecule has 3 unspecified atom stereocenters. The zero-order chi connectivity index (χ0) is 23.1. The Morgan fingerprint density at radius 2 is 2.03 bits per heavy atom. The van der Waals surface area contributed by atoms with Crippen molar-refractivity contribution < 1.29 is 4.79 Å². The Kier molecular flexibility index (Phi) is 9.25. The maximum atomic E-state index is 13.5. The van der Waals surface area contributed by atoms with Crippen LogP contribution in [0.3, 0.4) is 0 Å². The Hall–Kier alpha value is -1.32. The first-order chi connectivity index (χ1) is 15.3. The molecule has 2 aliphatic carbocycles. The number of rotatable bonds is 8. The minimum absolute atomic E-state index is 0.116. The van der Waals surface area contributed by atoms with Gasteiger partial charge in [-0.25, -0.2) is 0 Å². The molecule has 1 amide bonds. The third kappa shape index (κ3) is 6.84. The second-order valence-electron chi connectivity index (χ2n) is 10.8. The number of hydrogen-bond donors (Lipinski definition) is 1. The van der Waals surface area contributed by atoms with Gasteiger partial charge < -0.3 is 10.2 Å². The maximum absolute atomic E-state index is 13.5. The molecular weight excluding hydrogens is 416 g/mol. The van der Waals surface area contributed by atoms with E-state index in [0.717, 1.165) is 51.7 Å². The van der Waals surface area contributed by atoms with E-state index >= 15 is 0 Å². The van der Waals surface area contributed by atoms with Crippen LogP contribution < -0.4 is 5.32 Å². The SMILES string of the molecule is CC(C)[C@@H](NC/C=C/CC1=CCCC=C1)C(=O)N1CCC(C2C=CC(Cl)CC2)C(C)(C)C1. The number of halogens is 1. The fraction of sp³-hybridized carbons (Fsp3) is 0.679. The van der Waals surface area contributed by atoms with Crippen molar-refractivity contribution in [1.29, 1.82) is 0 Å². The largest absolute Gasteiger partial charge is 0.341 e. The number of hydrogen-bond acceptors (Lipinski definition) is 2. The van der Waals surface area contributed by atoms with Crippen molar-refractivity contribution in [2.45, 2.75) is 77.6 Å². The minimum Gasteiger partial charge on any atom is -0.341 e. The molecule has 4 atom stereocenters. The van der Waals surface area contributed by atoms with Crippen molar-refractivity contribution in [2.24, 2.45) is 23.2 Å². The highest BCUT2D eigenvalue weighted by molar-refractivity contribution is 6.21. The molecule has 1 fully saturated rings. The van der Waals surface area contributed by atoms with Gasteiger partial charge in [0, 0.05) is 19.6 Å². The van der Waals surface area contributed by atoms with Crippen LogP contribution >= 0.6 is 11.6 Å². The lowest BCUT2D eigenvalue weighted by Gasteiger charge is -2.48. The topological polar surface area (TPSA) is 32.3 Å². The Morgan fingerprint density at radius 1 is 1.22 bits per heavy atom. The lowest BCUT2D eigenvalue weighted by atomic mass is 9.65. The van der Waals surface area contributed by atoms with Gasteiger partial charge in [-0.05, 0) is 67.3 Å². The third-order valence-corrected chi connectivity index (χ3v) is 7.83. The van der Waals surface area contributed by atoms with Crippen LogP contribution in [-0.2, 0) is 4.79 Å². The molecule has 0 aromatic carbocycles. The molecule has 32 heavy (non-hydrogen) atoms. The number of nitrogens with zero attached hydrogens (tertiary/aromatic N) is 1. The lowest BCUT2D eigenvalue weighted by molar-refractivity contribution is -0.139. The average Bonchev–Trinajstić information content (AvgIpc) is 2.76. The highest BCUT2D eigenvalue weighted by Gasteiger charge is 2.42. The van der Waals surface area contributed by atoms with Gasteiger partial charge in [0.2, 0.25) is 5.91 Å². The average molecular weight is 459 g/mol. The molecule has 3 nitrogen and oxygen atoms in total. The second-order valence-corrected chi connectivity index (χ2v) is 11.4. The molecule has 0 aromatic rings. The molecule has 0 saturated carbocycles. The summed E-state index contributed by atoms with van der Waals surface area (Å²) in [7, 11) is 0. The summed E-state index contributed by atoms with van der Waals surface area (Å²) in [6.07, 6.45) is 22.3. The predicted molar refractivity (Wildman–Crippen MR) is 137 cm³/mol.